The summed E-state index contributed by atoms with van der Waals surface area (Å²) >= 11 is 0. The Bertz CT molecular complexity index is 995. The summed E-state index contributed by atoms with van der Waals surface area (Å²) in [4.78, 5) is 8.96. The van der Waals surface area contributed by atoms with Gasteiger partial charge >= 0.3 is 0 Å². The molecule has 3 rings (SSSR count). The van der Waals surface area contributed by atoms with E-state index in [1.54, 1.807) is 0 Å². The van der Waals surface area contributed by atoms with Crippen LogP contribution in [0.4, 0.5) is 5.82 Å². The molecule has 0 spiro atoms. The van der Waals surface area contributed by atoms with Crippen LogP contribution in [0.25, 0.3) is 21.9 Å². The molecule has 3 aromatic rings. The Balaban J connectivity index is 1.95. The predicted molar refractivity (Wildman–Crippen MR) is 96.3 cm³/mol. The first-order valence-electron chi connectivity index (χ1n) is 7.85. The van der Waals surface area contributed by atoms with Gasteiger partial charge in [0.25, 0.3) is 0 Å². The normalized spacial score (nSPS) is 12.2. The molecule has 0 atom stereocenters. The van der Waals surface area contributed by atoms with Gasteiger partial charge in [0.05, 0.1) is 16.8 Å². The molecule has 0 saturated heterocycles. The van der Waals surface area contributed by atoms with Crippen LogP contribution < -0.4 is 10.5 Å². The Hall–Kier alpha value is -2.19. The molecule has 2 aromatic heterocycles. The first-order valence-corrected chi connectivity index (χ1v) is 9.50. The number of hydrogen-bond donors (Lipinski definition) is 2. The van der Waals surface area contributed by atoms with Crippen LogP contribution in [-0.4, -0.2) is 35.8 Å². The first-order chi connectivity index (χ1) is 11.4. The molecule has 0 aliphatic carbocycles. The molecule has 24 heavy (non-hydrogen) atoms. The number of nitrogens with zero attached hydrogens (tertiary/aromatic N) is 3. The van der Waals surface area contributed by atoms with Crippen molar-refractivity contribution in [2.75, 3.05) is 18.5 Å². The number of anilines is 1. The number of nitrogen functional groups attached to an aromatic ring is 1. The zero-order valence-electron chi connectivity index (χ0n) is 13.8. The van der Waals surface area contributed by atoms with E-state index < -0.39 is 10.0 Å². The number of aromatic nitrogens is 3. The van der Waals surface area contributed by atoms with E-state index in [2.05, 4.69) is 19.3 Å². The summed E-state index contributed by atoms with van der Waals surface area (Å²) < 4.78 is 27.4. The second-order valence-corrected chi connectivity index (χ2v) is 7.80. The van der Waals surface area contributed by atoms with Crippen LogP contribution in [0, 0.1) is 6.92 Å². The lowest BCUT2D eigenvalue weighted by Gasteiger charge is -2.09. The monoisotopic (exact) mass is 347 g/mol. The third kappa shape index (κ3) is 3.07. The molecule has 0 bridgehead atoms. The fourth-order valence-corrected chi connectivity index (χ4v) is 3.70. The summed E-state index contributed by atoms with van der Waals surface area (Å²) in [6.07, 6.45) is 1.32. The SMILES string of the molecule is CNS(=O)(=O)CCCCn1c(C)nc2c(N)nc3ccccc3c21. The van der Waals surface area contributed by atoms with Crippen LogP contribution in [0.3, 0.4) is 0 Å². The minimum atomic E-state index is -3.16. The van der Waals surface area contributed by atoms with Gasteiger partial charge in [0.15, 0.2) is 5.82 Å². The highest BCUT2D eigenvalue weighted by molar-refractivity contribution is 7.89. The Morgan fingerprint density at radius 2 is 1.96 bits per heavy atom. The quantitative estimate of drug-likeness (QED) is 0.662. The molecule has 0 amide bonds. The topological polar surface area (TPSA) is 103 Å². The molecule has 0 saturated carbocycles. The highest BCUT2D eigenvalue weighted by Gasteiger charge is 2.15. The fourth-order valence-electron chi connectivity index (χ4n) is 2.91. The first kappa shape index (κ1) is 16.7. The average molecular weight is 347 g/mol. The van der Waals surface area contributed by atoms with Gasteiger partial charge in [0, 0.05) is 11.9 Å². The van der Waals surface area contributed by atoms with Crippen LogP contribution in [0.5, 0.6) is 0 Å². The number of unbranched alkanes of at least 4 members (excludes halogenated alkanes) is 1. The van der Waals surface area contributed by atoms with Gasteiger partial charge in [-0.15, -0.1) is 0 Å². The Labute approximate surface area is 140 Å². The van der Waals surface area contributed by atoms with E-state index in [9.17, 15) is 8.42 Å². The number of fused-ring (bicyclic) bond motifs is 3. The second-order valence-electron chi connectivity index (χ2n) is 5.75. The van der Waals surface area contributed by atoms with E-state index in [4.69, 9.17) is 5.73 Å². The van der Waals surface area contributed by atoms with Crippen LogP contribution in [0.1, 0.15) is 18.7 Å². The Morgan fingerprint density at radius 1 is 1.21 bits per heavy atom. The van der Waals surface area contributed by atoms with Crippen molar-refractivity contribution < 1.29 is 8.42 Å². The van der Waals surface area contributed by atoms with Gasteiger partial charge in [0.2, 0.25) is 10.0 Å². The molecule has 1 aromatic carbocycles. The number of nitrogens with two attached hydrogens (primary N) is 1. The highest BCUT2D eigenvalue weighted by Crippen LogP contribution is 2.28. The lowest BCUT2D eigenvalue weighted by atomic mass is 10.2. The predicted octanol–water partition coefficient (Wildman–Crippen LogP) is 1.80. The minimum Gasteiger partial charge on any atom is -0.382 e. The number of nitrogens with one attached hydrogen (secondary N) is 1. The van der Waals surface area contributed by atoms with Gasteiger partial charge < -0.3 is 10.3 Å². The van der Waals surface area contributed by atoms with Crippen LogP contribution in [-0.2, 0) is 16.6 Å². The van der Waals surface area contributed by atoms with Crippen molar-refractivity contribution in [1.29, 1.82) is 0 Å². The van der Waals surface area contributed by atoms with E-state index >= 15 is 0 Å². The van der Waals surface area contributed by atoms with Crippen molar-refractivity contribution in [2.45, 2.75) is 26.3 Å². The van der Waals surface area contributed by atoms with Crippen molar-refractivity contribution in [3.63, 3.8) is 0 Å². The zero-order chi connectivity index (χ0) is 17.3. The minimum absolute atomic E-state index is 0.125. The van der Waals surface area contributed by atoms with E-state index in [0.29, 0.717) is 24.3 Å². The van der Waals surface area contributed by atoms with Gasteiger partial charge in [0.1, 0.15) is 11.3 Å². The zero-order valence-corrected chi connectivity index (χ0v) is 14.6. The lowest BCUT2D eigenvalue weighted by molar-refractivity contribution is 0.576. The van der Waals surface area contributed by atoms with Crippen molar-refractivity contribution in [1.82, 2.24) is 19.3 Å². The molecular formula is C16H21N5O2S. The molecule has 8 heteroatoms. The van der Waals surface area contributed by atoms with Gasteiger partial charge in [-0.3, -0.25) is 0 Å². The van der Waals surface area contributed by atoms with Gasteiger partial charge in [-0.1, -0.05) is 18.2 Å². The van der Waals surface area contributed by atoms with Crippen molar-refractivity contribution >= 4 is 37.8 Å². The van der Waals surface area contributed by atoms with Gasteiger partial charge in [-0.05, 0) is 32.9 Å². The maximum atomic E-state index is 11.5. The van der Waals surface area contributed by atoms with E-state index in [0.717, 1.165) is 28.7 Å². The number of rotatable bonds is 6. The molecule has 0 unspecified atom stereocenters. The number of hydrogen-bond acceptors (Lipinski definition) is 5. The average Bonchev–Trinajstić information content (AvgIpc) is 2.89. The summed E-state index contributed by atoms with van der Waals surface area (Å²) in [6, 6.07) is 7.83. The van der Waals surface area contributed by atoms with E-state index in [1.165, 1.54) is 7.05 Å². The maximum Gasteiger partial charge on any atom is 0.211 e. The number of benzene rings is 1. The summed E-state index contributed by atoms with van der Waals surface area (Å²) in [6.45, 7) is 2.62. The summed E-state index contributed by atoms with van der Waals surface area (Å²) in [5.41, 5.74) is 8.56. The second kappa shape index (κ2) is 6.37. The molecule has 0 aliphatic heterocycles. The van der Waals surface area contributed by atoms with E-state index in [1.807, 2.05) is 31.2 Å². The van der Waals surface area contributed by atoms with Crippen LogP contribution in [0.2, 0.25) is 0 Å². The van der Waals surface area contributed by atoms with Crippen LogP contribution in [0.15, 0.2) is 24.3 Å². The number of imidazole rings is 1. The Morgan fingerprint density at radius 3 is 2.71 bits per heavy atom. The third-order valence-electron chi connectivity index (χ3n) is 4.16. The maximum absolute atomic E-state index is 11.5. The molecule has 7 nitrogen and oxygen atoms in total. The lowest BCUT2D eigenvalue weighted by Crippen LogP contribution is -2.22. The van der Waals surface area contributed by atoms with E-state index in [-0.39, 0.29) is 5.75 Å². The molecule has 0 fully saturated rings. The molecule has 3 N–H and O–H groups in total. The summed E-state index contributed by atoms with van der Waals surface area (Å²) in [5.74, 6) is 1.40. The smallest absolute Gasteiger partial charge is 0.211 e. The van der Waals surface area contributed by atoms with Gasteiger partial charge in [-0.2, -0.15) is 0 Å². The fraction of sp³-hybridized carbons (Fsp3) is 0.375. The highest BCUT2D eigenvalue weighted by atomic mass is 32.2. The number of aryl methyl sites for hydroxylation is 2. The molecule has 2 heterocycles. The standard InChI is InChI=1S/C16H21N5O2S/c1-11-19-14-15(12-7-3-4-8-13(12)20-16(14)17)21(11)9-5-6-10-24(22,23)18-2/h3-4,7-8,18H,5-6,9-10H2,1-2H3,(H2,17,20). The largest absolute Gasteiger partial charge is 0.382 e. The van der Waals surface area contributed by atoms with Crippen molar-refractivity contribution in [3.8, 4) is 0 Å². The Kier molecular flexibility index (Phi) is 4.42. The number of pyridine rings is 1. The molecule has 128 valence electrons. The molecule has 0 aliphatic rings. The van der Waals surface area contributed by atoms with Crippen molar-refractivity contribution in [3.05, 3.63) is 30.1 Å². The van der Waals surface area contributed by atoms with Gasteiger partial charge in [-0.25, -0.2) is 23.1 Å². The number of sulfonamides is 1. The number of para-hydroxylation sites is 1. The van der Waals surface area contributed by atoms with Crippen LogP contribution >= 0.6 is 0 Å². The summed E-state index contributed by atoms with van der Waals surface area (Å²) in [5, 5.41) is 1.00. The van der Waals surface area contributed by atoms with Crippen molar-refractivity contribution in [2.24, 2.45) is 0 Å². The summed E-state index contributed by atoms with van der Waals surface area (Å²) in [7, 11) is -1.72. The molecular weight excluding hydrogens is 326 g/mol. The third-order valence-corrected chi connectivity index (χ3v) is 5.61. The molecule has 0 radical (unpaired) electrons.